The van der Waals surface area contributed by atoms with Gasteiger partial charge in [0.1, 0.15) is 11.8 Å². The van der Waals surface area contributed by atoms with E-state index >= 15 is 0 Å². The second kappa shape index (κ2) is 11.6. The normalized spacial score (nSPS) is 12.1. The fraction of sp³-hybridized carbons (Fsp3) is 0.300. The van der Waals surface area contributed by atoms with Gasteiger partial charge in [-0.2, -0.15) is 16.5 Å². The number of ether oxygens (including phenoxy) is 2. The second-order valence-corrected chi connectivity index (χ2v) is 8.85. The summed E-state index contributed by atoms with van der Waals surface area (Å²) in [7, 11) is -2.37. The van der Waals surface area contributed by atoms with Gasteiger partial charge in [-0.05, 0) is 54.8 Å². The highest BCUT2D eigenvalue weighted by Gasteiger charge is 2.27. The van der Waals surface area contributed by atoms with Crippen molar-refractivity contribution in [3.05, 3.63) is 54.6 Å². The Bertz CT molecular complexity index is 934. The Kier molecular flexibility index (Phi) is 9.15. The van der Waals surface area contributed by atoms with Crippen LogP contribution in [-0.2, 0) is 24.3 Å². The van der Waals surface area contributed by atoms with Gasteiger partial charge in [0.05, 0.1) is 12.0 Å². The predicted octanol–water partition coefficient (Wildman–Crippen LogP) is 2.28. The van der Waals surface area contributed by atoms with Crippen LogP contribution in [0.4, 0.5) is 5.69 Å². The summed E-state index contributed by atoms with van der Waals surface area (Å²) in [5.41, 5.74) is 0.514. The number of thioether (sulfide) groups is 1. The predicted molar refractivity (Wildman–Crippen MR) is 116 cm³/mol. The Hall–Kier alpha value is -2.56. The average Bonchev–Trinajstić information content (AvgIpc) is 2.76. The molecule has 10 heteroatoms. The van der Waals surface area contributed by atoms with Crippen molar-refractivity contribution in [1.82, 2.24) is 4.72 Å². The van der Waals surface area contributed by atoms with E-state index in [-0.39, 0.29) is 11.3 Å². The maximum Gasteiger partial charge on any atom is 0.324 e. The summed E-state index contributed by atoms with van der Waals surface area (Å²) in [5.74, 6) is -0.173. The molecule has 0 saturated carbocycles. The Morgan fingerprint density at radius 2 is 1.73 bits per heavy atom. The summed E-state index contributed by atoms with van der Waals surface area (Å²) in [4.78, 5) is 24.5. The van der Waals surface area contributed by atoms with Gasteiger partial charge in [0, 0.05) is 5.69 Å². The molecule has 162 valence electrons. The third kappa shape index (κ3) is 7.36. The Balaban J connectivity index is 1.96. The standard InChI is InChI=1S/C20H24N2O6S2/c1-27-16-10-8-15(9-11-16)21-19(23)14-28-20(24)18(12-13-29-2)22-30(25,26)17-6-4-3-5-7-17/h3-11,18,22H,12-14H2,1-2H3,(H,21,23). The van der Waals surface area contributed by atoms with Crippen molar-refractivity contribution >= 4 is 39.3 Å². The van der Waals surface area contributed by atoms with Gasteiger partial charge in [-0.25, -0.2) is 8.42 Å². The van der Waals surface area contributed by atoms with E-state index in [1.807, 2.05) is 6.26 Å². The van der Waals surface area contributed by atoms with Crippen LogP contribution in [0.3, 0.4) is 0 Å². The van der Waals surface area contributed by atoms with Gasteiger partial charge in [0.15, 0.2) is 6.61 Å². The van der Waals surface area contributed by atoms with E-state index < -0.39 is 34.5 Å². The summed E-state index contributed by atoms with van der Waals surface area (Å²) < 4.78 is 37.5. The molecular weight excluding hydrogens is 428 g/mol. The van der Waals surface area contributed by atoms with Crippen LogP contribution in [0.1, 0.15) is 6.42 Å². The molecule has 2 aromatic carbocycles. The summed E-state index contributed by atoms with van der Waals surface area (Å²) in [6, 6.07) is 13.3. The van der Waals surface area contributed by atoms with Crippen molar-refractivity contribution in [2.75, 3.05) is 31.0 Å². The van der Waals surface area contributed by atoms with E-state index in [0.717, 1.165) is 0 Å². The molecule has 0 aliphatic rings. The first-order valence-electron chi connectivity index (χ1n) is 9.02. The van der Waals surface area contributed by atoms with E-state index in [2.05, 4.69) is 10.0 Å². The molecule has 0 fully saturated rings. The van der Waals surface area contributed by atoms with E-state index in [4.69, 9.17) is 9.47 Å². The lowest BCUT2D eigenvalue weighted by molar-refractivity contribution is -0.149. The number of nitrogens with one attached hydrogen (secondary N) is 2. The number of hydrogen-bond acceptors (Lipinski definition) is 7. The summed E-state index contributed by atoms with van der Waals surface area (Å²) >= 11 is 1.47. The molecule has 2 aromatic rings. The number of sulfonamides is 1. The van der Waals surface area contributed by atoms with E-state index in [9.17, 15) is 18.0 Å². The Morgan fingerprint density at radius 3 is 2.33 bits per heavy atom. The zero-order valence-electron chi connectivity index (χ0n) is 16.7. The number of rotatable bonds is 11. The first-order chi connectivity index (χ1) is 14.4. The first kappa shape index (κ1) is 23.7. The van der Waals surface area contributed by atoms with Gasteiger partial charge in [-0.3, -0.25) is 9.59 Å². The number of benzene rings is 2. The fourth-order valence-corrected chi connectivity index (χ4v) is 4.14. The highest BCUT2D eigenvalue weighted by Crippen LogP contribution is 2.15. The lowest BCUT2D eigenvalue weighted by atomic mass is 10.2. The Morgan fingerprint density at radius 1 is 1.07 bits per heavy atom. The molecule has 2 N–H and O–H groups in total. The lowest BCUT2D eigenvalue weighted by Gasteiger charge is -2.17. The molecule has 0 saturated heterocycles. The molecular formula is C20H24N2O6S2. The number of hydrogen-bond donors (Lipinski definition) is 2. The number of amides is 1. The maximum atomic E-state index is 12.5. The van der Waals surface area contributed by atoms with Crippen molar-refractivity contribution in [1.29, 1.82) is 0 Å². The number of anilines is 1. The van der Waals surface area contributed by atoms with Gasteiger partial charge in [0.25, 0.3) is 5.91 Å². The Labute approximate surface area is 180 Å². The minimum absolute atomic E-state index is 0.0456. The van der Waals surface area contributed by atoms with E-state index in [1.165, 1.54) is 31.0 Å². The molecule has 0 aliphatic heterocycles. The monoisotopic (exact) mass is 452 g/mol. The minimum Gasteiger partial charge on any atom is -0.497 e. The topological polar surface area (TPSA) is 111 Å². The molecule has 1 unspecified atom stereocenters. The molecule has 0 heterocycles. The molecule has 0 aliphatic carbocycles. The smallest absolute Gasteiger partial charge is 0.324 e. The fourth-order valence-electron chi connectivity index (χ4n) is 2.42. The molecule has 8 nitrogen and oxygen atoms in total. The van der Waals surface area contributed by atoms with Crippen molar-refractivity contribution in [2.24, 2.45) is 0 Å². The SMILES string of the molecule is COc1ccc(NC(=O)COC(=O)C(CCSC)NS(=O)(=O)c2ccccc2)cc1. The van der Waals surface area contributed by atoms with Crippen molar-refractivity contribution in [3.63, 3.8) is 0 Å². The minimum atomic E-state index is -3.90. The van der Waals surface area contributed by atoms with Crippen molar-refractivity contribution < 1.29 is 27.5 Å². The van der Waals surface area contributed by atoms with Crippen LogP contribution in [0.25, 0.3) is 0 Å². The molecule has 1 amide bonds. The first-order valence-corrected chi connectivity index (χ1v) is 11.9. The number of methoxy groups -OCH3 is 1. The molecule has 0 aromatic heterocycles. The van der Waals surface area contributed by atoms with Crippen molar-refractivity contribution in [3.8, 4) is 5.75 Å². The van der Waals surface area contributed by atoms with Crippen LogP contribution in [0.15, 0.2) is 59.5 Å². The quantitative estimate of drug-likeness (QED) is 0.503. The van der Waals surface area contributed by atoms with Gasteiger partial charge >= 0.3 is 5.97 Å². The van der Waals surface area contributed by atoms with Crippen LogP contribution >= 0.6 is 11.8 Å². The molecule has 0 radical (unpaired) electrons. The molecule has 1 atom stereocenters. The van der Waals surface area contributed by atoms with Crippen molar-refractivity contribution in [2.45, 2.75) is 17.4 Å². The third-order valence-corrected chi connectivity index (χ3v) is 6.10. The number of esters is 1. The summed E-state index contributed by atoms with van der Waals surface area (Å²) in [6.45, 7) is -0.534. The molecule has 30 heavy (non-hydrogen) atoms. The van der Waals surface area contributed by atoms with Crippen LogP contribution in [-0.4, -0.2) is 52.1 Å². The highest BCUT2D eigenvalue weighted by molar-refractivity contribution is 7.98. The molecule has 2 rings (SSSR count). The van der Waals surface area contributed by atoms with Gasteiger partial charge in [0.2, 0.25) is 10.0 Å². The van der Waals surface area contributed by atoms with Gasteiger partial charge in [-0.1, -0.05) is 18.2 Å². The zero-order chi connectivity index (χ0) is 22.0. The number of carbonyl (C=O) groups is 2. The highest BCUT2D eigenvalue weighted by atomic mass is 32.2. The summed E-state index contributed by atoms with van der Waals surface area (Å²) in [6.07, 6.45) is 2.07. The van der Waals surface area contributed by atoms with Crippen LogP contribution in [0.5, 0.6) is 5.75 Å². The van der Waals surface area contributed by atoms with E-state index in [0.29, 0.717) is 17.2 Å². The second-order valence-electron chi connectivity index (χ2n) is 6.15. The maximum absolute atomic E-state index is 12.5. The zero-order valence-corrected chi connectivity index (χ0v) is 18.3. The lowest BCUT2D eigenvalue weighted by Crippen LogP contribution is -2.43. The number of carbonyl (C=O) groups excluding carboxylic acids is 2. The van der Waals surface area contributed by atoms with Crippen LogP contribution in [0.2, 0.25) is 0 Å². The van der Waals surface area contributed by atoms with Crippen LogP contribution < -0.4 is 14.8 Å². The van der Waals surface area contributed by atoms with Gasteiger partial charge < -0.3 is 14.8 Å². The molecule has 0 spiro atoms. The average molecular weight is 453 g/mol. The third-order valence-electron chi connectivity index (χ3n) is 3.97. The largest absolute Gasteiger partial charge is 0.497 e. The van der Waals surface area contributed by atoms with E-state index in [1.54, 1.807) is 42.5 Å². The van der Waals surface area contributed by atoms with Gasteiger partial charge in [-0.15, -0.1) is 0 Å². The van der Waals surface area contributed by atoms with Crippen LogP contribution in [0, 0.1) is 0 Å². The molecule has 0 bridgehead atoms. The summed E-state index contributed by atoms with van der Waals surface area (Å²) in [5, 5.41) is 2.59.